The number of rotatable bonds is 17. The zero-order valence-electron chi connectivity index (χ0n) is 27.1. The summed E-state index contributed by atoms with van der Waals surface area (Å²) in [4.78, 5) is 64.0. The summed E-state index contributed by atoms with van der Waals surface area (Å²) < 4.78 is 0. The quantitative estimate of drug-likeness (QED) is 0.130. The molecule has 3 aromatic carbocycles. The van der Waals surface area contributed by atoms with Crippen LogP contribution in [0.15, 0.2) is 91.0 Å². The van der Waals surface area contributed by atoms with E-state index in [0.717, 1.165) is 16.7 Å². The molecule has 0 aliphatic carbocycles. The minimum absolute atomic E-state index is 0.0942. The molecule has 0 aliphatic heterocycles. The average molecular weight is 644 g/mol. The number of carbonyl (C=O) groups excluding carboxylic acids is 4. The summed E-state index contributed by atoms with van der Waals surface area (Å²) in [6.45, 7) is 5.66. The summed E-state index contributed by atoms with van der Waals surface area (Å²) in [5.41, 5.74) is 7.48. The summed E-state index contributed by atoms with van der Waals surface area (Å²) in [6, 6.07) is 23.9. The van der Waals surface area contributed by atoms with Gasteiger partial charge in [0.15, 0.2) is 0 Å². The number of carboxylic acids is 1. The highest BCUT2D eigenvalue weighted by atomic mass is 16.4. The van der Waals surface area contributed by atoms with E-state index in [2.05, 4.69) is 21.3 Å². The second kappa shape index (κ2) is 17.6. The van der Waals surface area contributed by atoms with Crippen molar-refractivity contribution in [3.8, 4) is 0 Å². The third-order valence-electron chi connectivity index (χ3n) is 7.51. The lowest BCUT2D eigenvalue weighted by Crippen LogP contribution is -2.58. The number of benzene rings is 3. The Kier molecular flexibility index (Phi) is 13.7. The van der Waals surface area contributed by atoms with E-state index in [1.807, 2.05) is 87.5 Å². The monoisotopic (exact) mass is 643 g/mol. The van der Waals surface area contributed by atoms with Gasteiger partial charge in [0.2, 0.25) is 23.6 Å². The molecule has 250 valence electrons. The molecule has 0 bridgehead atoms. The van der Waals surface area contributed by atoms with Gasteiger partial charge in [-0.2, -0.15) is 0 Å². The van der Waals surface area contributed by atoms with Gasteiger partial charge in [-0.25, -0.2) is 0 Å². The largest absolute Gasteiger partial charge is 0.481 e. The van der Waals surface area contributed by atoms with E-state index in [-0.39, 0.29) is 31.3 Å². The van der Waals surface area contributed by atoms with Crippen LogP contribution >= 0.6 is 0 Å². The topological polar surface area (TPSA) is 180 Å². The fraction of sp³-hybridized carbons (Fsp3) is 0.361. The van der Waals surface area contributed by atoms with Crippen molar-refractivity contribution >= 4 is 29.6 Å². The van der Waals surface area contributed by atoms with Gasteiger partial charge in [0.1, 0.15) is 12.1 Å². The van der Waals surface area contributed by atoms with Crippen LogP contribution in [0.25, 0.3) is 0 Å². The third-order valence-corrected chi connectivity index (χ3v) is 7.51. The minimum Gasteiger partial charge on any atom is -0.481 e. The molecule has 7 N–H and O–H groups in total. The van der Waals surface area contributed by atoms with Crippen LogP contribution in [0.4, 0.5) is 0 Å². The Hall–Kier alpha value is -5.03. The first-order valence-electron chi connectivity index (χ1n) is 15.6. The maximum atomic E-state index is 13.8. The Bertz CT molecular complexity index is 1480. The van der Waals surface area contributed by atoms with Gasteiger partial charge >= 0.3 is 5.97 Å². The molecule has 0 saturated heterocycles. The van der Waals surface area contributed by atoms with Gasteiger partial charge in [0.05, 0.1) is 12.5 Å². The number of nitrogens with two attached hydrogens (primary N) is 1. The van der Waals surface area contributed by atoms with Crippen molar-refractivity contribution in [2.75, 3.05) is 6.54 Å². The number of carbonyl (C=O) groups is 5. The average Bonchev–Trinajstić information content (AvgIpc) is 3.02. The maximum absolute atomic E-state index is 13.8. The smallest absolute Gasteiger partial charge is 0.305 e. The Morgan fingerprint density at radius 3 is 1.51 bits per heavy atom. The van der Waals surface area contributed by atoms with Crippen molar-refractivity contribution in [1.29, 1.82) is 0 Å². The molecule has 3 aromatic rings. The lowest BCUT2D eigenvalue weighted by atomic mass is 9.94. The van der Waals surface area contributed by atoms with E-state index in [4.69, 9.17) is 5.73 Å². The van der Waals surface area contributed by atoms with E-state index in [0.29, 0.717) is 6.42 Å². The number of primary amides is 1. The molecule has 11 heteroatoms. The lowest BCUT2D eigenvalue weighted by Gasteiger charge is -2.28. The van der Waals surface area contributed by atoms with Gasteiger partial charge in [-0.3, -0.25) is 24.0 Å². The molecule has 11 nitrogen and oxygen atoms in total. The fourth-order valence-electron chi connectivity index (χ4n) is 4.87. The van der Waals surface area contributed by atoms with Crippen LogP contribution in [0.1, 0.15) is 43.9 Å². The van der Waals surface area contributed by atoms with Crippen LogP contribution in [0.2, 0.25) is 0 Å². The molecule has 0 aromatic heterocycles. The van der Waals surface area contributed by atoms with Crippen LogP contribution in [0.3, 0.4) is 0 Å². The summed E-state index contributed by atoms with van der Waals surface area (Å²) in [7, 11) is 0. The van der Waals surface area contributed by atoms with E-state index >= 15 is 0 Å². The molecule has 4 atom stereocenters. The second-order valence-electron chi connectivity index (χ2n) is 12.6. The first kappa shape index (κ1) is 36.4. The summed E-state index contributed by atoms with van der Waals surface area (Å²) in [5, 5.41) is 21.0. The normalized spacial score (nSPS) is 13.8. The zero-order valence-corrected chi connectivity index (χ0v) is 27.1. The van der Waals surface area contributed by atoms with Crippen molar-refractivity contribution in [2.24, 2.45) is 11.1 Å². The Labute approximate surface area is 275 Å². The van der Waals surface area contributed by atoms with E-state index in [9.17, 15) is 29.1 Å². The zero-order chi connectivity index (χ0) is 34.4. The number of amides is 4. The SMILES string of the molecule is CC(C)(C)C(=O)N[C@H](CN[C@@H](Cc1ccccc1)C(=O)N[C@@H](CC(=O)O)C(=O)N[C@@H](Cc1ccccc1)C(N)=O)Cc1ccccc1. The molecule has 4 amide bonds. The number of aliphatic carboxylic acids is 1. The predicted molar refractivity (Wildman–Crippen MR) is 179 cm³/mol. The molecule has 0 radical (unpaired) electrons. The van der Waals surface area contributed by atoms with Gasteiger partial charge in [-0.05, 0) is 29.5 Å². The molecule has 3 rings (SSSR count). The summed E-state index contributed by atoms with van der Waals surface area (Å²) >= 11 is 0. The van der Waals surface area contributed by atoms with Crippen molar-refractivity contribution in [2.45, 2.75) is 70.6 Å². The Morgan fingerprint density at radius 2 is 1.06 bits per heavy atom. The van der Waals surface area contributed by atoms with Crippen LogP contribution in [-0.2, 0) is 43.2 Å². The summed E-state index contributed by atoms with van der Waals surface area (Å²) in [6.07, 6.45) is 0.0915. The molecular weight excluding hydrogens is 598 g/mol. The van der Waals surface area contributed by atoms with Crippen LogP contribution in [0, 0.1) is 5.41 Å². The van der Waals surface area contributed by atoms with E-state index in [1.54, 1.807) is 24.3 Å². The van der Waals surface area contributed by atoms with Crippen LogP contribution < -0.4 is 27.0 Å². The molecule has 0 spiro atoms. The molecular formula is C36H45N5O6. The maximum Gasteiger partial charge on any atom is 0.305 e. The van der Waals surface area contributed by atoms with Crippen molar-refractivity contribution < 1.29 is 29.1 Å². The van der Waals surface area contributed by atoms with Crippen molar-refractivity contribution in [3.63, 3.8) is 0 Å². The predicted octanol–water partition coefficient (Wildman–Crippen LogP) is 2.13. The highest BCUT2D eigenvalue weighted by Gasteiger charge is 2.31. The first-order chi connectivity index (χ1) is 22.3. The molecule has 0 heterocycles. The fourth-order valence-corrected chi connectivity index (χ4v) is 4.87. The van der Waals surface area contributed by atoms with Gasteiger partial charge in [-0.1, -0.05) is 112 Å². The van der Waals surface area contributed by atoms with Crippen LogP contribution in [0.5, 0.6) is 0 Å². The van der Waals surface area contributed by atoms with Gasteiger partial charge in [0, 0.05) is 24.4 Å². The third kappa shape index (κ3) is 12.7. The number of nitrogens with one attached hydrogen (secondary N) is 4. The number of hydrogen-bond donors (Lipinski definition) is 6. The first-order valence-corrected chi connectivity index (χ1v) is 15.6. The second-order valence-corrected chi connectivity index (χ2v) is 12.6. The molecule has 0 aliphatic rings. The number of carboxylic acid groups (broad SMARTS) is 1. The molecule has 47 heavy (non-hydrogen) atoms. The molecule has 0 saturated carbocycles. The summed E-state index contributed by atoms with van der Waals surface area (Å²) in [5.74, 6) is -3.73. The molecule has 0 fully saturated rings. The Balaban J connectivity index is 1.81. The Morgan fingerprint density at radius 1 is 0.638 bits per heavy atom. The highest BCUT2D eigenvalue weighted by molar-refractivity contribution is 5.94. The standard InChI is InChI=1S/C36H45N5O6/c1-36(2,3)35(47)39-27(19-24-13-7-4-8-14-24)23-38-29(21-26-17-11-6-12-18-26)33(45)41-30(22-31(42)43)34(46)40-28(32(37)44)20-25-15-9-5-10-16-25/h4-18,27-30,38H,19-23H2,1-3H3,(H2,37,44)(H,39,47)(H,40,46)(H,41,45)(H,42,43)/t27-,28-,29-,30-/m0/s1. The lowest BCUT2D eigenvalue weighted by molar-refractivity contribution is -0.141. The van der Waals surface area contributed by atoms with Crippen LogP contribution in [-0.4, -0.2) is 65.4 Å². The minimum atomic E-state index is -1.49. The van der Waals surface area contributed by atoms with E-state index < -0.39 is 53.7 Å². The highest BCUT2D eigenvalue weighted by Crippen LogP contribution is 2.14. The molecule has 0 unspecified atom stereocenters. The van der Waals surface area contributed by atoms with Crippen molar-refractivity contribution in [3.05, 3.63) is 108 Å². The van der Waals surface area contributed by atoms with E-state index in [1.165, 1.54) is 0 Å². The van der Waals surface area contributed by atoms with Gasteiger partial charge in [0.25, 0.3) is 0 Å². The van der Waals surface area contributed by atoms with Gasteiger partial charge in [-0.15, -0.1) is 0 Å². The van der Waals surface area contributed by atoms with Gasteiger partial charge < -0.3 is 32.1 Å². The van der Waals surface area contributed by atoms with Crippen molar-refractivity contribution in [1.82, 2.24) is 21.3 Å². The number of hydrogen-bond acceptors (Lipinski definition) is 6.